The smallest absolute Gasteiger partial charge is 0.230 e. The number of hydrogen-bond donors (Lipinski definition) is 2. The van der Waals surface area contributed by atoms with E-state index in [0.29, 0.717) is 17.3 Å². The first-order valence-electron chi connectivity index (χ1n) is 8.35. The highest BCUT2D eigenvalue weighted by Gasteiger charge is 2.09. The summed E-state index contributed by atoms with van der Waals surface area (Å²) >= 11 is 2.78. The summed E-state index contributed by atoms with van der Waals surface area (Å²) in [6, 6.07) is 18.1. The van der Waals surface area contributed by atoms with E-state index >= 15 is 0 Å². The van der Waals surface area contributed by atoms with E-state index in [1.165, 1.54) is 23.1 Å². The van der Waals surface area contributed by atoms with Gasteiger partial charge in [-0.3, -0.25) is 9.59 Å². The van der Waals surface area contributed by atoms with Gasteiger partial charge in [-0.15, -0.1) is 23.1 Å². The number of nitrogens with zero attached hydrogens (tertiary/aromatic N) is 1. The highest BCUT2D eigenvalue weighted by Crippen LogP contribution is 2.21. The van der Waals surface area contributed by atoms with Gasteiger partial charge in [0.15, 0.2) is 5.13 Å². The highest BCUT2D eigenvalue weighted by atomic mass is 32.2. The summed E-state index contributed by atoms with van der Waals surface area (Å²) < 4.78 is 0. The fourth-order valence-corrected chi connectivity index (χ4v) is 3.97. The second-order valence-electron chi connectivity index (χ2n) is 5.89. The molecule has 1 heterocycles. The predicted octanol–water partition coefficient (Wildman–Crippen LogP) is 3.71. The maximum atomic E-state index is 12.2. The lowest BCUT2D eigenvalue weighted by atomic mass is 10.0. The Balaban J connectivity index is 1.52. The summed E-state index contributed by atoms with van der Waals surface area (Å²) in [7, 11) is 0. The first-order valence-corrected chi connectivity index (χ1v) is 10.4. The van der Waals surface area contributed by atoms with E-state index in [2.05, 4.69) is 22.4 Å². The van der Waals surface area contributed by atoms with Gasteiger partial charge in [-0.2, -0.15) is 0 Å². The molecule has 0 bridgehead atoms. The molecule has 1 aromatic heterocycles. The number of nitrogens with two attached hydrogens (primary N) is 1. The quantitative estimate of drug-likeness (QED) is 0.607. The van der Waals surface area contributed by atoms with Crippen LogP contribution in [-0.2, 0) is 21.8 Å². The molecule has 0 aliphatic rings. The number of hydrogen-bond acceptors (Lipinski definition) is 5. The molecular formula is C20H19N3O2S2. The van der Waals surface area contributed by atoms with Gasteiger partial charge in [0.2, 0.25) is 11.8 Å². The number of anilines is 1. The summed E-state index contributed by atoms with van der Waals surface area (Å²) in [5.41, 5.74) is 9.16. The van der Waals surface area contributed by atoms with Crippen LogP contribution in [0.2, 0.25) is 0 Å². The molecule has 3 N–H and O–H groups in total. The molecule has 7 heteroatoms. The third-order valence-corrected chi connectivity index (χ3v) is 5.51. The van der Waals surface area contributed by atoms with E-state index in [4.69, 9.17) is 5.73 Å². The Morgan fingerprint density at radius 1 is 1.04 bits per heavy atom. The predicted molar refractivity (Wildman–Crippen MR) is 112 cm³/mol. The lowest BCUT2D eigenvalue weighted by molar-refractivity contribution is -0.116. The summed E-state index contributed by atoms with van der Waals surface area (Å²) in [5.74, 6) is 0.407. The molecule has 0 atom stereocenters. The van der Waals surface area contributed by atoms with Gasteiger partial charge < -0.3 is 11.1 Å². The van der Waals surface area contributed by atoms with Crippen LogP contribution in [0.15, 0.2) is 60.0 Å². The first kappa shape index (κ1) is 19.1. The third kappa shape index (κ3) is 5.94. The van der Waals surface area contributed by atoms with Crippen LogP contribution in [0.1, 0.15) is 11.3 Å². The Hall–Kier alpha value is -2.64. The number of aromatic nitrogens is 1. The third-order valence-electron chi connectivity index (χ3n) is 3.72. The minimum Gasteiger partial charge on any atom is -0.369 e. The fraction of sp³-hybridized carbons (Fsp3) is 0.150. The molecule has 3 aromatic rings. The van der Waals surface area contributed by atoms with Crippen molar-refractivity contribution in [2.24, 2.45) is 5.73 Å². The van der Waals surface area contributed by atoms with Crippen LogP contribution in [0.25, 0.3) is 11.1 Å². The summed E-state index contributed by atoms with van der Waals surface area (Å²) in [6.45, 7) is 0. The van der Waals surface area contributed by atoms with Crippen molar-refractivity contribution < 1.29 is 9.59 Å². The van der Waals surface area contributed by atoms with E-state index in [9.17, 15) is 9.59 Å². The summed E-state index contributed by atoms with van der Waals surface area (Å²) in [6.07, 6.45) is 0.292. The first-order chi connectivity index (χ1) is 13.1. The molecule has 0 radical (unpaired) electrons. The van der Waals surface area contributed by atoms with Gasteiger partial charge in [0.1, 0.15) is 0 Å². The number of carbonyl (C=O) groups excluding carboxylic acids is 2. The van der Waals surface area contributed by atoms with Crippen LogP contribution in [0.4, 0.5) is 5.13 Å². The van der Waals surface area contributed by atoms with Crippen molar-refractivity contribution in [1.29, 1.82) is 0 Å². The summed E-state index contributed by atoms with van der Waals surface area (Å²) in [4.78, 5) is 27.3. The number of nitrogens with one attached hydrogen (secondary N) is 1. The van der Waals surface area contributed by atoms with Gasteiger partial charge in [0, 0.05) is 11.1 Å². The van der Waals surface area contributed by atoms with E-state index in [-0.39, 0.29) is 17.6 Å². The van der Waals surface area contributed by atoms with Crippen LogP contribution in [-0.4, -0.2) is 22.6 Å². The molecule has 3 rings (SSSR count). The topological polar surface area (TPSA) is 85.1 Å². The maximum Gasteiger partial charge on any atom is 0.230 e. The van der Waals surface area contributed by atoms with Gasteiger partial charge in [0.25, 0.3) is 0 Å². The second kappa shape index (κ2) is 9.34. The number of carbonyl (C=O) groups is 2. The van der Waals surface area contributed by atoms with Crippen LogP contribution in [0, 0.1) is 0 Å². The van der Waals surface area contributed by atoms with Gasteiger partial charge in [-0.25, -0.2) is 4.98 Å². The molecule has 0 saturated heterocycles. The number of primary amides is 1. The van der Waals surface area contributed by atoms with Gasteiger partial charge in [-0.1, -0.05) is 54.6 Å². The number of amides is 2. The monoisotopic (exact) mass is 397 g/mol. The van der Waals surface area contributed by atoms with Crippen molar-refractivity contribution in [1.82, 2.24) is 4.98 Å². The van der Waals surface area contributed by atoms with Crippen molar-refractivity contribution >= 4 is 40.0 Å². The van der Waals surface area contributed by atoms with Gasteiger partial charge in [0.05, 0.1) is 17.9 Å². The molecule has 0 unspecified atom stereocenters. The van der Waals surface area contributed by atoms with Crippen LogP contribution >= 0.6 is 23.1 Å². The fourth-order valence-electron chi connectivity index (χ4n) is 2.48. The maximum absolute atomic E-state index is 12.2. The number of thiazole rings is 1. The van der Waals surface area contributed by atoms with Crippen LogP contribution in [0.3, 0.4) is 0 Å². The van der Waals surface area contributed by atoms with E-state index in [1.54, 1.807) is 0 Å². The zero-order chi connectivity index (χ0) is 19.1. The Bertz CT molecular complexity index is 908. The number of benzene rings is 2. The van der Waals surface area contributed by atoms with E-state index in [1.807, 2.05) is 47.8 Å². The average Bonchev–Trinajstić information content (AvgIpc) is 3.10. The highest BCUT2D eigenvalue weighted by molar-refractivity contribution is 7.99. The van der Waals surface area contributed by atoms with Crippen molar-refractivity contribution in [2.75, 3.05) is 11.1 Å². The van der Waals surface area contributed by atoms with Crippen molar-refractivity contribution in [2.45, 2.75) is 12.2 Å². The lowest BCUT2D eigenvalue weighted by Gasteiger charge is -2.05. The van der Waals surface area contributed by atoms with Crippen LogP contribution in [0.5, 0.6) is 0 Å². The van der Waals surface area contributed by atoms with Gasteiger partial charge >= 0.3 is 0 Å². The van der Waals surface area contributed by atoms with E-state index in [0.717, 1.165) is 22.4 Å². The zero-order valence-electron chi connectivity index (χ0n) is 14.6. The largest absolute Gasteiger partial charge is 0.369 e. The second-order valence-corrected chi connectivity index (χ2v) is 7.73. The normalized spacial score (nSPS) is 10.5. The lowest BCUT2D eigenvalue weighted by Crippen LogP contribution is -2.14. The standard InChI is InChI=1S/C20H19N3O2S2/c21-18(24)13-26-11-17-12-27-20(22-17)23-19(25)10-14-6-8-16(9-7-14)15-4-2-1-3-5-15/h1-9,12H,10-11,13H2,(H2,21,24)(H,22,23,25). The zero-order valence-corrected chi connectivity index (χ0v) is 16.2. The molecule has 27 heavy (non-hydrogen) atoms. The molecule has 0 saturated carbocycles. The van der Waals surface area contributed by atoms with Crippen molar-refractivity contribution in [3.8, 4) is 11.1 Å². The Morgan fingerprint density at radius 3 is 2.44 bits per heavy atom. The number of rotatable bonds is 8. The van der Waals surface area contributed by atoms with E-state index < -0.39 is 0 Å². The molecule has 2 amide bonds. The Kier molecular flexibility index (Phi) is 6.62. The molecular weight excluding hydrogens is 378 g/mol. The SMILES string of the molecule is NC(=O)CSCc1csc(NC(=O)Cc2ccc(-c3ccccc3)cc2)n1. The minimum atomic E-state index is -0.345. The van der Waals surface area contributed by atoms with Crippen molar-refractivity contribution in [3.05, 3.63) is 71.2 Å². The van der Waals surface area contributed by atoms with Crippen LogP contribution < -0.4 is 11.1 Å². The van der Waals surface area contributed by atoms with Crippen molar-refractivity contribution in [3.63, 3.8) is 0 Å². The molecule has 0 fully saturated rings. The molecule has 0 spiro atoms. The Labute approximate surface area is 166 Å². The molecule has 5 nitrogen and oxygen atoms in total. The molecule has 138 valence electrons. The molecule has 0 aliphatic carbocycles. The average molecular weight is 398 g/mol. The van der Waals surface area contributed by atoms with Gasteiger partial charge in [-0.05, 0) is 16.7 Å². The summed E-state index contributed by atoms with van der Waals surface area (Å²) in [5, 5.41) is 5.26. The minimum absolute atomic E-state index is 0.104. The molecule has 0 aliphatic heterocycles. The molecule has 2 aromatic carbocycles. The Morgan fingerprint density at radius 2 is 1.74 bits per heavy atom. The number of thioether (sulfide) groups is 1.